The van der Waals surface area contributed by atoms with Gasteiger partial charge in [-0.25, -0.2) is 0 Å². The number of carbonyl (C=O) groups is 1. The Morgan fingerprint density at radius 2 is 1.94 bits per heavy atom. The van der Waals surface area contributed by atoms with Crippen LogP contribution in [0.5, 0.6) is 11.8 Å². The molecule has 33 heavy (non-hydrogen) atoms. The third-order valence-electron chi connectivity index (χ3n) is 6.76. The number of halogens is 3. The molecule has 1 fully saturated rings. The van der Waals surface area contributed by atoms with E-state index in [1.807, 2.05) is 6.92 Å². The van der Waals surface area contributed by atoms with E-state index in [0.29, 0.717) is 12.6 Å². The Hall–Kier alpha value is -3.19. The van der Waals surface area contributed by atoms with Crippen molar-refractivity contribution in [1.29, 1.82) is 5.26 Å². The van der Waals surface area contributed by atoms with E-state index >= 15 is 0 Å². The minimum atomic E-state index is -4.80. The predicted molar refractivity (Wildman–Crippen MR) is 111 cm³/mol. The van der Waals surface area contributed by atoms with Crippen molar-refractivity contribution in [2.45, 2.75) is 51.0 Å². The molecule has 0 unspecified atom stereocenters. The number of carbonyl (C=O) groups excluding carboxylic acids is 1. The van der Waals surface area contributed by atoms with Gasteiger partial charge >= 0.3 is 6.18 Å². The summed E-state index contributed by atoms with van der Waals surface area (Å²) in [5.41, 5.74) is -3.85. The molecule has 0 spiro atoms. The molecule has 2 bridgehead atoms. The molecule has 1 aromatic carbocycles. The van der Waals surface area contributed by atoms with Crippen molar-refractivity contribution in [3.05, 3.63) is 40.5 Å². The summed E-state index contributed by atoms with van der Waals surface area (Å²) < 4.78 is 47.5. The summed E-state index contributed by atoms with van der Waals surface area (Å²) in [6.07, 6.45) is -3.79. The summed E-state index contributed by atoms with van der Waals surface area (Å²) in [6, 6.07) is 4.42. The third-order valence-corrected chi connectivity index (χ3v) is 6.76. The predicted octanol–water partition coefficient (Wildman–Crippen LogP) is 4.13. The minimum Gasteiger partial charge on any atom is -0.494 e. The molecule has 2 N–H and O–H groups in total. The van der Waals surface area contributed by atoms with Gasteiger partial charge in [-0.3, -0.25) is 9.36 Å². The van der Waals surface area contributed by atoms with E-state index in [2.05, 4.69) is 0 Å². The van der Waals surface area contributed by atoms with Crippen molar-refractivity contribution < 1.29 is 32.9 Å². The molecular weight excluding hydrogens is 439 g/mol. The van der Waals surface area contributed by atoms with Gasteiger partial charge < -0.3 is 19.8 Å². The van der Waals surface area contributed by atoms with Gasteiger partial charge in [0.1, 0.15) is 5.60 Å². The van der Waals surface area contributed by atoms with Crippen LogP contribution in [0.25, 0.3) is 5.69 Å². The number of amides is 1. The number of aromatic nitrogens is 1. The van der Waals surface area contributed by atoms with Crippen molar-refractivity contribution in [2.75, 3.05) is 13.6 Å². The summed E-state index contributed by atoms with van der Waals surface area (Å²) in [5, 5.41) is 31.2. The van der Waals surface area contributed by atoms with E-state index in [1.165, 1.54) is 12.1 Å². The largest absolute Gasteiger partial charge is 0.494 e. The van der Waals surface area contributed by atoms with E-state index < -0.39 is 46.2 Å². The Balaban J connectivity index is 1.88. The smallest absolute Gasteiger partial charge is 0.417 e. The number of nitriles is 1. The summed E-state index contributed by atoms with van der Waals surface area (Å²) in [6.45, 7) is 5.82. The van der Waals surface area contributed by atoms with Crippen LogP contribution in [0.1, 0.15) is 55.9 Å². The van der Waals surface area contributed by atoms with Gasteiger partial charge in [-0.15, -0.1) is 0 Å². The van der Waals surface area contributed by atoms with Gasteiger partial charge in [0.05, 0.1) is 45.5 Å². The average Bonchev–Trinajstić information content (AvgIpc) is 3.27. The van der Waals surface area contributed by atoms with Gasteiger partial charge in [-0.2, -0.15) is 18.4 Å². The van der Waals surface area contributed by atoms with Gasteiger partial charge in [0.2, 0.25) is 17.7 Å². The molecule has 0 aliphatic carbocycles. The first-order chi connectivity index (χ1) is 15.3. The zero-order chi connectivity index (χ0) is 24.5. The van der Waals surface area contributed by atoms with E-state index in [-0.39, 0.29) is 29.1 Å². The van der Waals surface area contributed by atoms with E-state index in [0.717, 1.165) is 17.1 Å². The van der Waals surface area contributed by atoms with Gasteiger partial charge in [0, 0.05) is 13.6 Å². The number of benzene rings is 1. The van der Waals surface area contributed by atoms with Crippen molar-refractivity contribution in [1.82, 2.24) is 9.47 Å². The lowest BCUT2D eigenvalue weighted by atomic mass is 9.72. The average molecular weight is 463 g/mol. The second-order valence-electron chi connectivity index (χ2n) is 9.03. The fourth-order valence-electron chi connectivity index (χ4n) is 5.34. The molecular formula is C23H24F3N3O4. The summed E-state index contributed by atoms with van der Waals surface area (Å²) >= 11 is 0. The molecule has 10 heteroatoms. The van der Waals surface area contributed by atoms with Crippen LogP contribution in [0.2, 0.25) is 0 Å². The zero-order valence-corrected chi connectivity index (χ0v) is 18.6. The zero-order valence-electron chi connectivity index (χ0n) is 18.6. The lowest BCUT2D eigenvalue weighted by Crippen LogP contribution is -2.42. The van der Waals surface area contributed by atoms with Gasteiger partial charge in [-0.1, -0.05) is 6.92 Å². The number of nitrogens with zero attached hydrogens (tertiary/aromatic N) is 3. The van der Waals surface area contributed by atoms with Crippen LogP contribution < -0.4 is 0 Å². The fraction of sp³-hybridized carbons (Fsp3) is 0.478. The van der Waals surface area contributed by atoms with E-state index in [1.54, 1.807) is 25.8 Å². The van der Waals surface area contributed by atoms with Crippen LogP contribution in [0.4, 0.5) is 13.2 Å². The summed E-state index contributed by atoms with van der Waals surface area (Å²) in [7, 11) is 1.68. The number of hydrogen-bond donors (Lipinski definition) is 2. The standard InChI is InChI=1S/C23H24F3N3O4/c1-5-8-28(4)18(30)15-10-21(2)16-17(22(15,3)33-21)20(32)29(19(16)31)13-7-6-12(11-27)14(9-13)23(24,25)26/h6-7,9,15,31-32H,5,8,10H2,1-4H3/t15-,21+,22-/m0/s1. The molecule has 1 saturated heterocycles. The Labute approximate surface area is 188 Å². The lowest BCUT2D eigenvalue weighted by Gasteiger charge is -2.31. The van der Waals surface area contributed by atoms with Gasteiger partial charge in [-0.05, 0) is 44.9 Å². The van der Waals surface area contributed by atoms with Crippen LogP contribution >= 0.6 is 0 Å². The number of alkyl halides is 3. The van der Waals surface area contributed by atoms with Crippen LogP contribution in [0, 0.1) is 17.2 Å². The molecule has 1 amide bonds. The highest BCUT2D eigenvalue weighted by Gasteiger charge is 2.66. The number of aromatic hydroxyl groups is 2. The monoisotopic (exact) mass is 463 g/mol. The van der Waals surface area contributed by atoms with Crippen LogP contribution in [-0.2, 0) is 26.9 Å². The molecule has 2 aromatic rings. The third kappa shape index (κ3) is 3.09. The maximum atomic E-state index is 13.5. The number of ether oxygens (including phenoxy) is 1. The second-order valence-corrected chi connectivity index (χ2v) is 9.03. The quantitative estimate of drug-likeness (QED) is 0.711. The molecule has 3 heterocycles. The fourth-order valence-corrected chi connectivity index (χ4v) is 5.34. The first-order valence-electron chi connectivity index (χ1n) is 10.5. The van der Waals surface area contributed by atoms with E-state index in [4.69, 9.17) is 10.00 Å². The topological polar surface area (TPSA) is 98.7 Å². The first kappa shape index (κ1) is 23.0. The number of fused-ring (bicyclic) bond motifs is 5. The van der Waals surface area contributed by atoms with Crippen molar-refractivity contribution >= 4 is 5.91 Å². The van der Waals surface area contributed by atoms with Gasteiger partial charge in [0.15, 0.2) is 0 Å². The van der Waals surface area contributed by atoms with Gasteiger partial charge in [0.25, 0.3) is 0 Å². The second kappa shape index (κ2) is 7.15. The Bertz CT molecular complexity index is 1200. The number of hydrogen-bond acceptors (Lipinski definition) is 5. The molecule has 1 aromatic heterocycles. The Morgan fingerprint density at radius 3 is 2.52 bits per heavy atom. The molecule has 2 aliphatic rings. The summed E-state index contributed by atoms with van der Waals surface area (Å²) in [5.74, 6) is -1.76. The van der Waals surface area contributed by atoms with Crippen LogP contribution in [0.15, 0.2) is 18.2 Å². The highest BCUT2D eigenvalue weighted by atomic mass is 19.4. The maximum Gasteiger partial charge on any atom is 0.417 e. The molecule has 2 aliphatic heterocycles. The highest BCUT2D eigenvalue weighted by Crippen LogP contribution is 2.66. The van der Waals surface area contributed by atoms with Crippen molar-refractivity contribution in [2.24, 2.45) is 5.92 Å². The van der Waals surface area contributed by atoms with Crippen molar-refractivity contribution in [3.63, 3.8) is 0 Å². The van der Waals surface area contributed by atoms with Crippen LogP contribution in [-0.4, -0.2) is 39.2 Å². The number of rotatable bonds is 4. The molecule has 0 radical (unpaired) electrons. The normalized spacial score (nSPS) is 25.7. The first-order valence-corrected chi connectivity index (χ1v) is 10.5. The Kier molecular flexibility index (Phi) is 4.98. The van der Waals surface area contributed by atoms with E-state index in [9.17, 15) is 28.2 Å². The molecule has 4 rings (SSSR count). The molecule has 7 nitrogen and oxygen atoms in total. The SMILES string of the molecule is CCCN(C)C(=O)[C@@H]1C[C@@]2(C)O[C@]1(C)c1c2c(O)n(-c2ccc(C#N)c(C(F)(F)F)c2)c1O. The minimum absolute atomic E-state index is 0.164. The maximum absolute atomic E-state index is 13.5. The lowest BCUT2D eigenvalue weighted by molar-refractivity contribution is -0.142. The molecule has 0 saturated carbocycles. The highest BCUT2D eigenvalue weighted by molar-refractivity contribution is 5.82. The summed E-state index contributed by atoms with van der Waals surface area (Å²) in [4.78, 5) is 14.7. The Morgan fingerprint density at radius 1 is 1.30 bits per heavy atom. The molecule has 3 atom stereocenters. The molecule has 176 valence electrons. The van der Waals surface area contributed by atoms with Crippen LogP contribution in [0.3, 0.4) is 0 Å². The van der Waals surface area contributed by atoms with Crippen molar-refractivity contribution in [3.8, 4) is 23.5 Å².